The lowest BCUT2D eigenvalue weighted by Crippen LogP contribution is -2.51. The Kier molecular flexibility index (Phi) is 6.73. The third-order valence-corrected chi connectivity index (χ3v) is 6.21. The van der Waals surface area contributed by atoms with Gasteiger partial charge >= 0.3 is 5.97 Å². The molecule has 2 aliphatic carbocycles. The highest BCUT2D eigenvalue weighted by Crippen LogP contribution is 2.48. The molecule has 2 aliphatic rings. The normalized spacial score (nSPS) is 29.5. The maximum Gasteiger partial charge on any atom is 0.309 e. The molecule has 0 amide bonds. The molecule has 2 bridgehead atoms. The summed E-state index contributed by atoms with van der Waals surface area (Å²) in [6, 6.07) is 0. The standard InChI is InChI=1S/C19H36NO2/c1-4-7-11-20(6-3,10-5-2)12-13-22-19(21)18-15-16-8-9-17(18)14-16/h16-18H,4-15H2,1-3H3/q+1. The van der Waals surface area contributed by atoms with E-state index in [0.717, 1.165) is 29.9 Å². The Labute approximate surface area is 137 Å². The molecule has 3 heteroatoms. The molecule has 3 nitrogen and oxygen atoms in total. The fourth-order valence-electron chi connectivity index (χ4n) is 4.76. The summed E-state index contributed by atoms with van der Waals surface area (Å²) in [6.07, 6.45) is 8.70. The topological polar surface area (TPSA) is 26.3 Å². The Morgan fingerprint density at radius 1 is 1.05 bits per heavy atom. The molecule has 0 heterocycles. The van der Waals surface area contributed by atoms with Gasteiger partial charge in [0.1, 0.15) is 13.2 Å². The Hall–Kier alpha value is -0.570. The maximum absolute atomic E-state index is 12.4. The minimum atomic E-state index is 0.105. The monoisotopic (exact) mass is 310 g/mol. The van der Waals surface area contributed by atoms with Crippen molar-refractivity contribution in [1.29, 1.82) is 0 Å². The van der Waals surface area contributed by atoms with Crippen LogP contribution in [0.15, 0.2) is 0 Å². The summed E-state index contributed by atoms with van der Waals surface area (Å²) in [5, 5.41) is 0. The van der Waals surface area contributed by atoms with E-state index in [9.17, 15) is 4.79 Å². The number of hydrogen-bond donors (Lipinski definition) is 0. The van der Waals surface area contributed by atoms with Crippen LogP contribution in [0, 0.1) is 17.8 Å². The predicted octanol–water partition coefficient (Wildman–Crippen LogP) is 4.01. The molecule has 0 N–H and O–H groups in total. The minimum absolute atomic E-state index is 0.105. The molecule has 2 rings (SSSR count). The van der Waals surface area contributed by atoms with Crippen molar-refractivity contribution in [2.75, 3.05) is 32.8 Å². The molecule has 0 saturated heterocycles. The molecule has 0 spiro atoms. The SMILES string of the molecule is CCCC[N+](CC)(CCC)CCOC(=O)C1CC2CCC1C2. The first-order valence-electron chi connectivity index (χ1n) is 9.65. The van der Waals surface area contributed by atoms with Gasteiger partial charge in [0.2, 0.25) is 0 Å². The molecule has 4 unspecified atom stereocenters. The molecule has 4 atom stereocenters. The molecule has 2 saturated carbocycles. The van der Waals surface area contributed by atoms with E-state index in [-0.39, 0.29) is 11.9 Å². The number of esters is 1. The summed E-state index contributed by atoms with van der Waals surface area (Å²) in [5.41, 5.74) is 0. The summed E-state index contributed by atoms with van der Waals surface area (Å²) in [5.74, 6) is 1.79. The van der Waals surface area contributed by atoms with Gasteiger partial charge in [-0.15, -0.1) is 0 Å². The molecule has 0 radical (unpaired) electrons. The maximum atomic E-state index is 12.4. The van der Waals surface area contributed by atoms with Crippen LogP contribution in [0.2, 0.25) is 0 Å². The zero-order valence-electron chi connectivity index (χ0n) is 15.0. The van der Waals surface area contributed by atoms with Gasteiger partial charge in [0, 0.05) is 0 Å². The van der Waals surface area contributed by atoms with Crippen LogP contribution in [0.5, 0.6) is 0 Å². The van der Waals surface area contributed by atoms with Crippen molar-refractivity contribution < 1.29 is 14.0 Å². The van der Waals surface area contributed by atoms with E-state index in [1.807, 2.05) is 0 Å². The van der Waals surface area contributed by atoms with Gasteiger partial charge in [-0.2, -0.15) is 0 Å². The number of nitrogens with zero attached hydrogens (tertiary/aromatic N) is 1. The predicted molar refractivity (Wildman–Crippen MR) is 90.5 cm³/mol. The number of carbonyl (C=O) groups is 1. The second-order valence-electron chi connectivity index (χ2n) is 7.63. The Balaban J connectivity index is 1.77. The average molecular weight is 311 g/mol. The van der Waals surface area contributed by atoms with E-state index in [0.29, 0.717) is 12.5 Å². The molecule has 128 valence electrons. The highest BCUT2D eigenvalue weighted by molar-refractivity contribution is 5.73. The zero-order valence-corrected chi connectivity index (χ0v) is 15.0. The number of rotatable bonds is 10. The number of carbonyl (C=O) groups excluding carboxylic acids is 1. The number of quaternary nitrogens is 1. The van der Waals surface area contributed by atoms with E-state index in [2.05, 4.69) is 20.8 Å². The number of likely N-dealkylation sites (N-methyl/N-ethyl adjacent to an activating group) is 1. The second kappa shape index (κ2) is 8.33. The molecule has 2 fully saturated rings. The lowest BCUT2D eigenvalue weighted by atomic mass is 9.89. The Bertz CT molecular complexity index is 357. The first-order valence-corrected chi connectivity index (χ1v) is 9.65. The first-order chi connectivity index (χ1) is 10.6. The van der Waals surface area contributed by atoms with Gasteiger partial charge in [0.15, 0.2) is 0 Å². The number of hydrogen-bond acceptors (Lipinski definition) is 2. The molecule has 0 aromatic heterocycles. The van der Waals surface area contributed by atoms with Crippen molar-refractivity contribution in [3.05, 3.63) is 0 Å². The van der Waals surface area contributed by atoms with Crippen molar-refractivity contribution in [2.45, 2.75) is 65.7 Å². The molecule has 0 aliphatic heterocycles. The zero-order chi connectivity index (χ0) is 16.0. The van der Waals surface area contributed by atoms with Crippen molar-refractivity contribution in [2.24, 2.45) is 17.8 Å². The third-order valence-electron chi connectivity index (χ3n) is 6.21. The second-order valence-corrected chi connectivity index (χ2v) is 7.63. The van der Waals surface area contributed by atoms with E-state index in [4.69, 9.17) is 4.74 Å². The molecule has 0 aromatic carbocycles. The smallest absolute Gasteiger partial charge is 0.309 e. The van der Waals surface area contributed by atoms with E-state index < -0.39 is 0 Å². The summed E-state index contributed by atoms with van der Waals surface area (Å²) in [7, 11) is 0. The Morgan fingerprint density at radius 3 is 2.41 bits per heavy atom. The van der Waals surface area contributed by atoms with Crippen molar-refractivity contribution >= 4 is 5.97 Å². The summed E-state index contributed by atoms with van der Waals surface area (Å²) >= 11 is 0. The van der Waals surface area contributed by atoms with Gasteiger partial charge in [-0.25, -0.2) is 0 Å². The molecular weight excluding hydrogens is 274 g/mol. The van der Waals surface area contributed by atoms with E-state index in [1.165, 1.54) is 51.6 Å². The van der Waals surface area contributed by atoms with Crippen LogP contribution in [0.3, 0.4) is 0 Å². The van der Waals surface area contributed by atoms with Crippen LogP contribution >= 0.6 is 0 Å². The molecular formula is C19H36NO2+. The molecule has 0 aromatic rings. The van der Waals surface area contributed by atoms with Crippen molar-refractivity contribution in [3.8, 4) is 0 Å². The lowest BCUT2D eigenvalue weighted by Gasteiger charge is -2.37. The van der Waals surface area contributed by atoms with Crippen LogP contribution in [0.25, 0.3) is 0 Å². The summed E-state index contributed by atoms with van der Waals surface area (Å²) < 4.78 is 6.83. The first kappa shape index (κ1) is 17.8. The highest BCUT2D eigenvalue weighted by atomic mass is 16.5. The average Bonchev–Trinajstić information content (AvgIpc) is 3.15. The largest absolute Gasteiger partial charge is 0.459 e. The van der Waals surface area contributed by atoms with Gasteiger partial charge < -0.3 is 9.22 Å². The minimum Gasteiger partial charge on any atom is -0.459 e. The number of ether oxygens (including phenoxy) is 1. The van der Waals surface area contributed by atoms with Gasteiger partial charge in [-0.05, 0) is 50.9 Å². The van der Waals surface area contributed by atoms with Crippen LogP contribution in [0.4, 0.5) is 0 Å². The third kappa shape index (κ3) is 4.24. The summed E-state index contributed by atoms with van der Waals surface area (Å²) in [6.45, 7) is 12.0. The van der Waals surface area contributed by atoms with Gasteiger partial charge in [-0.1, -0.05) is 26.7 Å². The van der Waals surface area contributed by atoms with Gasteiger partial charge in [0.05, 0.1) is 25.6 Å². The lowest BCUT2D eigenvalue weighted by molar-refractivity contribution is -0.927. The summed E-state index contributed by atoms with van der Waals surface area (Å²) in [4.78, 5) is 12.4. The van der Waals surface area contributed by atoms with Gasteiger partial charge in [-0.3, -0.25) is 4.79 Å². The van der Waals surface area contributed by atoms with E-state index >= 15 is 0 Å². The van der Waals surface area contributed by atoms with Gasteiger partial charge in [0.25, 0.3) is 0 Å². The molecule has 22 heavy (non-hydrogen) atoms. The number of fused-ring (bicyclic) bond motifs is 2. The van der Waals surface area contributed by atoms with Crippen LogP contribution in [0.1, 0.15) is 65.7 Å². The quantitative estimate of drug-likeness (QED) is 0.450. The van der Waals surface area contributed by atoms with E-state index in [1.54, 1.807) is 0 Å². The highest BCUT2D eigenvalue weighted by Gasteiger charge is 2.44. The number of unbranched alkanes of at least 4 members (excludes halogenated alkanes) is 1. The van der Waals surface area contributed by atoms with Crippen molar-refractivity contribution in [3.63, 3.8) is 0 Å². The Morgan fingerprint density at radius 2 is 1.86 bits per heavy atom. The fraction of sp³-hybridized carbons (Fsp3) is 0.947. The van der Waals surface area contributed by atoms with Crippen molar-refractivity contribution in [1.82, 2.24) is 0 Å². The van der Waals surface area contributed by atoms with Crippen LogP contribution in [-0.4, -0.2) is 43.2 Å². The van der Waals surface area contributed by atoms with Crippen LogP contribution in [-0.2, 0) is 9.53 Å². The fourth-order valence-corrected chi connectivity index (χ4v) is 4.76. The van der Waals surface area contributed by atoms with Crippen LogP contribution < -0.4 is 0 Å².